The monoisotopic (exact) mass is 526 g/mol. The highest BCUT2D eigenvalue weighted by Crippen LogP contribution is 2.64. The van der Waals surface area contributed by atoms with Crippen LogP contribution in [0.5, 0.6) is 0 Å². The summed E-state index contributed by atoms with van der Waals surface area (Å²) >= 11 is 0.887. The van der Waals surface area contributed by atoms with Crippen LogP contribution in [0.2, 0.25) is 0 Å². The second-order valence-electron chi connectivity index (χ2n) is 4.79. The van der Waals surface area contributed by atoms with Crippen molar-refractivity contribution in [3.8, 4) is 0 Å². The van der Waals surface area contributed by atoms with E-state index in [1.165, 1.54) is 0 Å². The summed E-state index contributed by atoms with van der Waals surface area (Å²) in [4.78, 5) is 10.1. The van der Waals surface area contributed by atoms with Crippen LogP contribution in [0.4, 0.5) is 74.6 Å². The van der Waals surface area contributed by atoms with Crippen molar-refractivity contribution in [1.29, 1.82) is 0 Å². The van der Waals surface area contributed by atoms with Crippen LogP contribution in [0.1, 0.15) is 0 Å². The highest BCUT2D eigenvalue weighted by molar-refractivity contribution is 9.18. The smallest absolute Gasteiger partial charge is 0.280 e. The summed E-state index contributed by atoms with van der Waals surface area (Å²) < 4.78 is 212. The summed E-state index contributed by atoms with van der Waals surface area (Å²) in [5.74, 6) is -57.6. The number of carbonyl (C=O) groups excluding carboxylic acids is 1. The lowest BCUT2D eigenvalue weighted by Gasteiger charge is -2.42. The number of alkyl halides is 17. The predicted molar refractivity (Wildman–Crippen MR) is 54.6 cm³/mol. The van der Waals surface area contributed by atoms with Crippen molar-refractivity contribution in [3.05, 3.63) is 0 Å². The molecule has 0 N–H and O–H groups in total. The van der Waals surface area contributed by atoms with Crippen molar-refractivity contribution in [2.24, 2.45) is 0 Å². The summed E-state index contributed by atoms with van der Waals surface area (Å²) in [6.45, 7) is 0. The molecule has 0 atom stereocenters. The summed E-state index contributed by atoms with van der Waals surface area (Å²) in [5, 5.41) is 0. The first-order valence-electron chi connectivity index (χ1n) is 5.61. The molecule has 0 spiro atoms. The van der Waals surface area contributed by atoms with Gasteiger partial charge in [-0.2, -0.15) is 74.6 Å². The van der Waals surface area contributed by atoms with Crippen LogP contribution in [-0.4, -0.2) is 52.3 Å². The van der Waals surface area contributed by atoms with Crippen molar-refractivity contribution < 1.29 is 79.4 Å². The van der Waals surface area contributed by atoms with E-state index >= 15 is 0 Å². The summed E-state index contributed by atoms with van der Waals surface area (Å²) in [5.41, 5.74) is 0. The first-order valence-corrected chi connectivity index (χ1v) is 6.40. The van der Waals surface area contributed by atoms with Crippen LogP contribution in [0.3, 0.4) is 0 Å². The molecule has 0 aromatic heterocycles. The zero-order chi connectivity index (χ0) is 23.6. The third kappa shape index (κ3) is 3.10. The Morgan fingerprint density at radius 1 is 0.429 bits per heavy atom. The molecule has 1 nitrogen and oxygen atoms in total. The van der Waals surface area contributed by atoms with Crippen molar-refractivity contribution in [2.75, 3.05) is 0 Å². The van der Waals surface area contributed by atoms with E-state index in [2.05, 4.69) is 0 Å². The van der Waals surface area contributed by atoms with Crippen molar-refractivity contribution >= 4 is 20.6 Å². The lowest BCUT2D eigenvalue weighted by atomic mass is 9.89. The molecule has 168 valence electrons. The van der Waals surface area contributed by atoms with Gasteiger partial charge in [-0.1, -0.05) is 0 Å². The van der Waals surface area contributed by atoms with Gasteiger partial charge in [0.1, 0.15) is 0 Å². The third-order valence-corrected chi connectivity index (χ3v) is 3.47. The van der Waals surface area contributed by atoms with Crippen molar-refractivity contribution in [3.63, 3.8) is 0 Å². The predicted octanol–water partition coefficient (Wildman–Crippen LogP) is 5.92. The number of carbonyl (C=O) groups is 1. The van der Waals surface area contributed by atoms with Crippen LogP contribution in [0.15, 0.2) is 0 Å². The van der Waals surface area contributed by atoms with Crippen LogP contribution in [0.25, 0.3) is 0 Å². The zero-order valence-corrected chi connectivity index (χ0v) is 13.3. The summed E-state index contributed by atoms with van der Waals surface area (Å²) in [6, 6.07) is 0. The SMILES string of the molecule is O=C(Br)C(F)(F)C(F)(F)C(F)(F)C(F)(F)C(F)(F)C(F)(F)C(F)(F)C(F)(F)F. The molecule has 0 radical (unpaired) electrons. The molecule has 0 aromatic rings. The van der Waals surface area contributed by atoms with Gasteiger partial charge in [0.2, 0.25) is 0 Å². The largest absolute Gasteiger partial charge is 0.460 e. The van der Waals surface area contributed by atoms with Gasteiger partial charge in [-0.3, -0.25) is 4.79 Å². The molecule has 0 aliphatic rings. The molecule has 0 unspecified atom stereocenters. The first-order chi connectivity index (χ1) is 11.7. The number of rotatable bonds is 7. The fraction of sp³-hybridized carbons (Fsp3) is 0.889. The van der Waals surface area contributed by atoms with E-state index < -0.39 is 52.3 Å². The fourth-order valence-electron chi connectivity index (χ4n) is 1.29. The highest BCUT2D eigenvalue weighted by Gasteiger charge is 2.95. The van der Waals surface area contributed by atoms with Crippen molar-refractivity contribution in [2.45, 2.75) is 47.6 Å². The maximum absolute atomic E-state index is 13.1. The zero-order valence-electron chi connectivity index (χ0n) is 11.7. The van der Waals surface area contributed by atoms with Gasteiger partial charge in [-0.05, 0) is 15.9 Å². The molecular weight excluding hydrogens is 527 g/mol. The van der Waals surface area contributed by atoms with E-state index in [1.807, 2.05) is 0 Å². The topological polar surface area (TPSA) is 17.1 Å². The maximum atomic E-state index is 13.1. The van der Waals surface area contributed by atoms with Gasteiger partial charge in [0.25, 0.3) is 4.69 Å². The standard InChI is InChI=1S/C9BrF17O/c10-1(28)2(11,12)3(13,14)4(15,16)5(17,18)6(19,20)7(21,22)8(23,24)9(25,26)27. The van der Waals surface area contributed by atoms with E-state index in [1.54, 1.807) is 0 Å². The normalized spacial score (nSPS) is 16.4. The molecule has 0 heterocycles. The minimum absolute atomic E-state index is 0.887. The maximum Gasteiger partial charge on any atom is 0.460 e. The fourth-order valence-corrected chi connectivity index (χ4v) is 1.54. The Morgan fingerprint density at radius 3 is 0.857 bits per heavy atom. The molecule has 0 rings (SSSR count). The van der Waals surface area contributed by atoms with Crippen LogP contribution < -0.4 is 0 Å². The number of hydrogen-bond acceptors (Lipinski definition) is 1. The van der Waals surface area contributed by atoms with Crippen LogP contribution in [-0.2, 0) is 4.79 Å². The second kappa shape index (κ2) is 6.48. The summed E-state index contributed by atoms with van der Waals surface area (Å²) in [6.07, 6.45) is -7.80. The van der Waals surface area contributed by atoms with Crippen LogP contribution in [0, 0.1) is 0 Å². The quantitative estimate of drug-likeness (QED) is 0.297. The molecule has 19 heteroatoms. The number of hydrogen-bond donors (Lipinski definition) is 0. The molecule has 0 saturated heterocycles. The van der Waals surface area contributed by atoms with Gasteiger partial charge >= 0.3 is 47.6 Å². The Bertz CT molecular complexity index is 617. The van der Waals surface area contributed by atoms with E-state index in [0.717, 1.165) is 15.9 Å². The van der Waals surface area contributed by atoms with Gasteiger partial charge in [0.05, 0.1) is 0 Å². The van der Waals surface area contributed by atoms with Gasteiger partial charge in [0.15, 0.2) is 0 Å². The average molecular weight is 527 g/mol. The molecule has 0 amide bonds. The second-order valence-corrected chi connectivity index (χ2v) is 5.51. The molecule has 28 heavy (non-hydrogen) atoms. The number of halogens is 18. The molecule has 0 saturated carbocycles. The van der Waals surface area contributed by atoms with E-state index in [0.29, 0.717) is 0 Å². The Hall–Kier alpha value is -1.04. The van der Waals surface area contributed by atoms with E-state index in [-0.39, 0.29) is 0 Å². The minimum atomic E-state index is -8.70. The first kappa shape index (κ1) is 27.0. The van der Waals surface area contributed by atoms with E-state index in [9.17, 15) is 79.4 Å². The molecule has 0 aliphatic heterocycles. The lowest BCUT2D eigenvalue weighted by molar-refractivity contribution is -0.459. The Balaban J connectivity index is 6.76. The summed E-state index contributed by atoms with van der Waals surface area (Å²) in [7, 11) is 0. The third-order valence-electron chi connectivity index (χ3n) is 2.97. The van der Waals surface area contributed by atoms with Crippen LogP contribution >= 0.6 is 15.9 Å². The van der Waals surface area contributed by atoms with Gasteiger partial charge in [-0.25, -0.2) is 0 Å². The molecule has 0 fully saturated rings. The Labute approximate surface area is 149 Å². The molecule has 0 aliphatic carbocycles. The lowest BCUT2D eigenvalue weighted by Crippen LogP contribution is -2.74. The Morgan fingerprint density at radius 2 is 0.643 bits per heavy atom. The minimum Gasteiger partial charge on any atom is -0.280 e. The highest BCUT2D eigenvalue weighted by atomic mass is 79.9. The van der Waals surface area contributed by atoms with Gasteiger partial charge < -0.3 is 0 Å². The molecular formula is C9BrF17O. The molecule has 0 bridgehead atoms. The van der Waals surface area contributed by atoms with Crippen molar-refractivity contribution in [1.82, 2.24) is 0 Å². The van der Waals surface area contributed by atoms with Gasteiger partial charge in [-0.15, -0.1) is 0 Å². The average Bonchev–Trinajstić information content (AvgIpc) is 2.44. The molecule has 0 aromatic carbocycles. The van der Waals surface area contributed by atoms with E-state index in [4.69, 9.17) is 0 Å². The van der Waals surface area contributed by atoms with Gasteiger partial charge in [0, 0.05) is 0 Å². The Kier molecular flexibility index (Phi) is 6.24.